The van der Waals surface area contributed by atoms with Crippen LogP contribution >= 0.6 is 11.3 Å². The largest absolute Gasteiger partial charge is 0.330 e. The quantitative estimate of drug-likeness (QED) is 0.853. The molecular formula is C13H22N2S. The summed E-state index contributed by atoms with van der Waals surface area (Å²) < 4.78 is 0. The fraction of sp³-hybridized carbons (Fsp3) is 0.692. The molecule has 2 nitrogen and oxygen atoms in total. The van der Waals surface area contributed by atoms with Crippen LogP contribution in [0.1, 0.15) is 24.6 Å². The van der Waals surface area contributed by atoms with Crippen LogP contribution in [0.2, 0.25) is 0 Å². The number of thiophene rings is 1. The Morgan fingerprint density at radius 3 is 2.75 bits per heavy atom. The van der Waals surface area contributed by atoms with Crippen LogP contribution < -0.4 is 5.73 Å². The van der Waals surface area contributed by atoms with Gasteiger partial charge in [0.25, 0.3) is 0 Å². The van der Waals surface area contributed by atoms with E-state index < -0.39 is 0 Å². The lowest BCUT2D eigenvalue weighted by atomic mass is 9.85. The maximum absolute atomic E-state index is 5.98. The highest BCUT2D eigenvalue weighted by molar-refractivity contribution is 7.09. The SMILES string of the molecule is CC(CN)(Cc1cccs1)CN1CCCC1. The molecule has 0 aromatic carbocycles. The minimum absolute atomic E-state index is 0.245. The lowest BCUT2D eigenvalue weighted by Crippen LogP contribution is -2.40. The first-order valence-electron chi connectivity index (χ1n) is 6.17. The van der Waals surface area contributed by atoms with E-state index >= 15 is 0 Å². The molecule has 0 aliphatic carbocycles. The van der Waals surface area contributed by atoms with Crippen molar-refractivity contribution in [1.29, 1.82) is 0 Å². The van der Waals surface area contributed by atoms with Crippen molar-refractivity contribution in [2.45, 2.75) is 26.2 Å². The van der Waals surface area contributed by atoms with Crippen molar-refractivity contribution in [3.05, 3.63) is 22.4 Å². The highest BCUT2D eigenvalue weighted by Gasteiger charge is 2.27. The van der Waals surface area contributed by atoms with E-state index in [0.717, 1.165) is 19.5 Å². The summed E-state index contributed by atoms with van der Waals surface area (Å²) in [4.78, 5) is 4.03. The third-order valence-corrected chi connectivity index (χ3v) is 4.35. The van der Waals surface area contributed by atoms with Gasteiger partial charge in [0.2, 0.25) is 0 Å². The molecule has 0 amide bonds. The zero-order chi connectivity index (χ0) is 11.4. The molecule has 1 fully saturated rings. The molecule has 90 valence electrons. The Labute approximate surface area is 102 Å². The van der Waals surface area contributed by atoms with E-state index in [1.54, 1.807) is 0 Å². The van der Waals surface area contributed by atoms with Crippen LogP contribution in [0.15, 0.2) is 17.5 Å². The van der Waals surface area contributed by atoms with Gasteiger partial charge in [-0.05, 0) is 55.8 Å². The second-order valence-corrected chi connectivity index (χ2v) is 6.29. The van der Waals surface area contributed by atoms with E-state index in [1.165, 1.54) is 30.8 Å². The molecule has 0 bridgehead atoms. The van der Waals surface area contributed by atoms with Crippen LogP contribution in [0.5, 0.6) is 0 Å². The van der Waals surface area contributed by atoms with Crippen molar-refractivity contribution in [3.8, 4) is 0 Å². The number of hydrogen-bond donors (Lipinski definition) is 1. The Balaban J connectivity index is 1.94. The van der Waals surface area contributed by atoms with Gasteiger partial charge in [-0.25, -0.2) is 0 Å². The van der Waals surface area contributed by atoms with Gasteiger partial charge >= 0.3 is 0 Å². The molecule has 2 N–H and O–H groups in total. The molecule has 1 saturated heterocycles. The molecule has 3 heteroatoms. The predicted octanol–water partition coefficient (Wildman–Crippen LogP) is 2.35. The normalized spacial score (nSPS) is 21.1. The van der Waals surface area contributed by atoms with Crippen molar-refractivity contribution in [2.75, 3.05) is 26.2 Å². The Kier molecular flexibility index (Phi) is 4.00. The van der Waals surface area contributed by atoms with Gasteiger partial charge in [0.1, 0.15) is 0 Å². The van der Waals surface area contributed by atoms with Gasteiger partial charge in [-0.3, -0.25) is 0 Å². The van der Waals surface area contributed by atoms with Crippen LogP contribution in [-0.2, 0) is 6.42 Å². The maximum atomic E-state index is 5.98. The molecule has 1 aromatic heterocycles. The van der Waals surface area contributed by atoms with Crippen LogP contribution in [0.4, 0.5) is 0 Å². The Hall–Kier alpha value is -0.380. The van der Waals surface area contributed by atoms with E-state index in [0.29, 0.717) is 0 Å². The fourth-order valence-electron chi connectivity index (χ4n) is 2.51. The third-order valence-electron chi connectivity index (χ3n) is 3.48. The average Bonchev–Trinajstić information content (AvgIpc) is 2.91. The first-order valence-corrected chi connectivity index (χ1v) is 7.05. The van der Waals surface area contributed by atoms with E-state index in [4.69, 9.17) is 5.73 Å². The number of hydrogen-bond acceptors (Lipinski definition) is 3. The Morgan fingerprint density at radius 2 is 2.19 bits per heavy atom. The standard InChI is InChI=1S/C13H22N2S/c1-13(10-14,9-12-5-4-8-16-12)11-15-6-2-3-7-15/h4-5,8H,2-3,6-7,9-11,14H2,1H3. The van der Waals surface area contributed by atoms with E-state index in [1.807, 2.05) is 11.3 Å². The lowest BCUT2D eigenvalue weighted by molar-refractivity contribution is 0.197. The van der Waals surface area contributed by atoms with Gasteiger partial charge in [-0.15, -0.1) is 11.3 Å². The first kappa shape index (κ1) is 12.1. The molecule has 0 radical (unpaired) electrons. The topological polar surface area (TPSA) is 29.3 Å². The summed E-state index contributed by atoms with van der Waals surface area (Å²) in [5.41, 5.74) is 6.22. The monoisotopic (exact) mass is 238 g/mol. The smallest absolute Gasteiger partial charge is 0.00516 e. The molecule has 2 rings (SSSR count). The first-order chi connectivity index (χ1) is 7.72. The number of likely N-dealkylation sites (tertiary alicyclic amines) is 1. The fourth-order valence-corrected chi connectivity index (χ4v) is 3.43. The molecule has 0 saturated carbocycles. The number of rotatable bonds is 5. The van der Waals surface area contributed by atoms with Gasteiger partial charge in [0.05, 0.1) is 0 Å². The second kappa shape index (κ2) is 5.30. The predicted molar refractivity (Wildman–Crippen MR) is 70.9 cm³/mol. The summed E-state index contributed by atoms with van der Waals surface area (Å²) in [5, 5.41) is 2.15. The molecule has 0 spiro atoms. The molecule has 2 heterocycles. The van der Waals surface area contributed by atoms with E-state index in [2.05, 4.69) is 29.3 Å². The Morgan fingerprint density at radius 1 is 1.44 bits per heavy atom. The summed E-state index contributed by atoms with van der Waals surface area (Å²) in [5.74, 6) is 0. The number of nitrogens with two attached hydrogens (primary N) is 1. The molecule has 1 aromatic rings. The van der Waals surface area contributed by atoms with Gasteiger partial charge in [-0.1, -0.05) is 13.0 Å². The summed E-state index contributed by atoms with van der Waals surface area (Å²) in [6.45, 7) is 6.79. The average molecular weight is 238 g/mol. The van der Waals surface area contributed by atoms with Gasteiger partial charge in [0, 0.05) is 11.4 Å². The summed E-state index contributed by atoms with van der Waals surface area (Å²) in [6, 6.07) is 4.36. The van der Waals surface area contributed by atoms with Crippen LogP contribution in [0.3, 0.4) is 0 Å². The zero-order valence-electron chi connectivity index (χ0n) is 10.1. The minimum Gasteiger partial charge on any atom is -0.330 e. The highest BCUT2D eigenvalue weighted by Crippen LogP contribution is 2.26. The van der Waals surface area contributed by atoms with Crippen LogP contribution in [0, 0.1) is 5.41 Å². The molecule has 16 heavy (non-hydrogen) atoms. The number of nitrogens with zero attached hydrogens (tertiary/aromatic N) is 1. The third kappa shape index (κ3) is 3.06. The lowest BCUT2D eigenvalue weighted by Gasteiger charge is -2.32. The summed E-state index contributed by atoms with van der Waals surface area (Å²) in [6.07, 6.45) is 3.84. The van der Waals surface area contributed by atoms with Crippen LogP contribution in [0.25, 0.3) is 0 Å². The van der Waals surface area contributed by atoms with E-state index in [-0.39, 0.29) is 5.41 Å². The second-order valence-electron chi connectivity index (χ2n) is 5.25. The van der Waals surface area contributed by atoms with Crippen molar-refractivity contribution < 1.29 is 0 Å². The minimum atomic E-state index is 0.245. The van der Waals surface area contributed by atoms with Crippen LogP contribution in [-0.4, -0.2) is 31.1 Å². The Bertz CT molecular complexity index is 304. The zero-order valence-corrected chi connectivity index (χ0v) is 10.9. The van der Waals surface area contributed by atoms with Gasteiger partial charge < -0.3 is 10.6 Å². The van der Waals surface area contributed by atoms with Gasteiger partial charge in [-0.2, -0.15) is 0 Å². The maximum Gasteiger partial charge on any atom is 0.00516 e. The van der Waals surface area contributed by atoms with Crippen molar-refractivity contribution in [2.24, 2.45) is 11.1 Å². The van der Waals surface area contributed by atoms with Gasteiger partial charge in [0.15, 0.2) is 0 Å². The van der Waals surface area contributed by atoms with Crippen molar-refractivity contribution in [1.82, 2.24) is 4.90 Å². The summed E-state index contributed by atoms with van der Waals surface area (Å²) in [7, 11) is 0. The molecule has 1 aliphatic rings. The molecule has 1 atom stereocenters. The van der Waals surface area contributed by atoms with Crippen molar-refractivity contribution >= 4 is 11.3 Å². The highest BCUT2D eigenvalue weighted by atomic mass is 32.1. The molecule has 1 unspecified atom stereocenters. The molecular weight excluding hydrogens is 216 g/mol. The van der Waals surface area contributed by atoms with E-state index in [9.17, 15) is 0 Å². The van der Waals surface area contributed by atoms with Crippen molar-refractivity contribution in [3.63, 3.8) is 0 Å². The summed E-state index contributed by atoms with van der Waals surface area (Å²) >= 11 is 1.85. The molecule has 1 aliphatic heterocycles.